The van der Waals surface area contributed by atoms with Gasteiger partial charge in [-0.1, -0.05) is 32.0 Å². The average Bonchev–Trinajstić information content (AvgIpc) is 2.53. The molecule has 0 saturated heterocycles. The van der Waals surface area contributed by atoms with Crippen LogP contribution in [-0.4, -0.2) is 12.5 Å². The Morgan fingerprint density at radius 3 is 2.52 bits per heavy atom. The fourth-order valence-corrected chi connectivity index (χ4v) is 2.50. The standard InChI is InChI=1S/C18H19BrFNO2/c1-12(2)14-5-8-17(16(19)9-14)23-11-18(22)21-10-13-3-6-15(20)7-4-13/h3-9,12H,10-11H2,1-2H3,(H,21,22). The largest absolute Gasteiger partial charge is 0.483 e. The number of rotatable bonds is 6. The molecule has 0 aromatic heterocycles. The van der Waals surface area contributed by atoms with Gasteiger partial charge in [0.15, 0.2) is 6.61 Å². The summed E-state index contributed by atoms with van der Waals surface area (Å²) in [5, 5.41) is 2.74. The highest BCUT2D eigenvalue weighted by atomic mass is 79.9. The van der Waals surface area contributed by atoms with Crippen LogP contribution >= 0.6 is 15.9 Å². The van der Waals surface area contributed by atoms with Gasteiger partial charge in [-0.3, -0.25) is 4.79 Å². The van der Waals surface area contributed by atoms with Crippen LogP contribution in [-0.2, 0) is 11.3 Å². The van der Waals surface area contributed by atoms with Crippen molar-refractivity contribution >= 4 is 21.8 Å². The lowest BCUT2D eigenvalue weighted by molar-refractivity contribution is -0.123. The molecule has 0 radical (unpaired) electrons. The Bertz CT molecular complexity index is 671. The molecule has 0 aliphatic carbocycles. The summed E-state index contributed by atoms with van der Waals surface area (Å²) in [6, 6.07) is 11.8. The highest BCUT2D eigenvalue weighted by Gasteiger charge is 2.08. The Kier molecular flexibility index (Phi) is 6.16. The van der Waals surface area contributed by atoms with E-state index >= 15 is 0 Å². The van der Waals surface area contributed by atoms with Gasteiger partial charge in [0.1, 0.15) is 11.6 Å². The van der Waals surface area contributed by atoms with E-state index in [2.05, 4.69) is 35.1 Å². The molecule has 0 aliphatic rings. The first-order valence-electron chi connectivity index (χ1n) is 7.39. The van der Waals surface area contributed by atoms with Gasteiger partial charge in [0.2, 0.25) is 0 Å². The third kappa shape index (κ3) is 5.36. The Balaban J connectivity index is 1.83. The lowest BCUT2D eigenvalue weighted by Gasteiger charge is -2.11. The van der Waals surface area contributed by atoms with Crippen LogP contribution in [0.3, 0.4) is 0 Å². The molecule has 1 N–H and O–H groups in total. The predicted molar refractivity (Wildman–Crippen MR) is 92.0 cm³/mol. The third-order valence-electron chi connectivity index (χ3n) is 3.38. The van der Waals surface area contributed by atoms with Gasteiger partial charge in [0.05, 0.1) is 4.47 Å². The Morgan fingerprint density at radius 2 is 1.91 bits per heavy atom. The van der Waals surface area contributed by atoms with Gasteiger partial charge in [-0.15, -0.1) is 0 Å². The van der Waals surface area contributed by atoms with Crippen LogP contribution < -0.4 is 10.1 Å². The summed E-state index contributed by atoms with van der Waals surface area (Å²) in [4.78, 5) is 11.8. The summed E-state index contributed by atoms with van der Waals surface area (Å²) in [5.41, 5.74) is 2.03. The molecule has 0 bridgehead atoms. The number of ether oxygens (including phenoxy) is 1. The van der Waals surface area contributed by atoms with Crippen LogP contribution in [0.2, 0.25) is 0 Å². The maximum atomic E-state index is 12.8. The topological polar surface area (TPSA) is 38.3 Å². The molecule has 0 atom stereocenters. The second-order valence-corrected chi connectivity index (χ2v) is 6.39. The van der Waals surface area contributed by atoms with Crippen molar-refractivity contribution in [1.29, 1.82) is 0 Å². The van der Waals surface area contributed by atoms with Gasteiger partial charge < -0.3 is 10.1 Å². The molecular formula is C18H19BrFNO2. The van der Waals surface area contributed by atoms with E-state index in [4.69, 9.17) is 4.74 Å². The smallest absolute Gasteiger partial charge is 0.258 e. The SMILES string of the molecule is CC(C)c1ccc(OCC(=O)NCc2ccc(F)cc2)c(Br)c1. The molecular weight excluding hydrogens is 361 g/mol. The van der Waals surface area contributed by atoms with E-state index < -0.39 is 0 Å². The predicted octanol–water partition coefficient (Wildman–Crippen LogP) is 4.41. The van der Waals surface area contributed by atoms with Gasteiger partial charge in [0.25, 0.3) is 5.91 Å². The summed E-state index contributed by atoms with van der Waals surface area (Å²) in [5.74, 6) is 0.540. The van der Waals surface area contributed by atoms with Crippen LogP contribution in [0.25, 0.3) is 0 Å². The maximum Gasteiger partial charge on any atom is 0.258 e. The van der Waals surface area contributed by atoms with Crippen molar-refractivity contribution in [3.63, 3.8) is 0 Å². The molecule has 122 valence electrons. The summed E-state index contributed by atoms with van der Waals surface area (Å²) in [6.45, 7) is 4.51. The number of carbonyl (C=O) groups excluding carboxylic acids is 1. The minimum Gasteiger partial charge on any atom is -0.483 e. The van der Waals surface area contributed by atoms with Crippen molar-refractivity contribution in [3.8, 4) is 5.75 Å². The molecule has 0 heterocycles. The molecule has 2 rings (SSSR count). The van der Waals surface area contributed by atoms with Crippen molar-refractivity contribution in [1.82, 2.24) is 5.32 Å². The van der Waals surface area contributed by atoms with E-state index in [9.17, 15) is 9.18 Å². The molecule has 5 heteroatoms. The zero-order valence-corrected chi connectivity index (χ0v) is 14.7. The minimum absolute atomic E-state index is 0.0686. The van der Waals surface area contributed by atoms with E-state index in [1.165, 1.54) is 17.7 Å². The second kappa shape index (κ2) is 8.11. The van der Waals surface area contributed by atoms with Gasteiger partial charge in [-0.2, -0.15) is 0 Å². The number of halogens is 2. The maximum absolute atomic E-state index is 12.8. The summed E-state index contributed by atoms with van der Waals surface area (Å²) in [6.07, 6.45) is 0. The second-order valence-electron chi connectivity index (χ2n) is 5.54. The minimum atomic E-state index is -0.293. The number of carbonyl (C=O) groups is 1. The molecule has 0 aliphatic heterocycles. The molecule has 2 aromatic rings. The summed E-state index contributed by atoms with van der Waals surface area (Å²) < 4.78 is 19.1. The highest BCUT2D eigenvalue weighted by Crippen LogP contribution is 2.28. The molecule has 3 nitrogen and oxygen atoms in total. The lowest BCUT2D eigenvalue weighted by atomic mass is 10.0. The molecule has 0 spiro atoms. The fourth-order valence-electron chi connectivity index (χ4n) is 1.99. The van der Waals surface area contributed by atoms with E-state index in [1.807, 2.05) is 18.2 Å². The van der Waals surface area contributed by atoms with Gasteiger partial charge in [-0.25, -0.2) is 4.39 Å². The monoisotopic (exact) mass is 379 g/mol. The van der Waals surface area contributed by atoms with Crippen LogP contribution in [0, 0.1) is 5.82 Å². The van der Waals surface area contributed by atoms with Crippen LogP contribution in [0.1, 0.15) is 30.9 Å². The number of nitrogens with one attached hydrogen (secondary N) is 1. The van der Waals surface area contributed by atoms with Crippen molar-refractivity contribution in [2.75, 3.05) is 6.61 Å². The van der Waals surface area contributed by atoms with Crippen LogP contribution in [0.4, 0.5) is 4.39 Å². The van der Waals surface area contributed by atoms with Crippen LogP contribution in [0.5, 0.6) is 5.75 Å². The highest BCUT2D eigenvalue weighted by molar-refractivity contribution is 9.10. The fraction of sp³-hybridized carbons (Fsp3) is 0.278. The zero-order valence-electron chi connectivity index (χ0n) is 13.1. The average molecular weight is 380 g/mol. The molecule has 0 unspecified atom stereocenters. The first-order chi connectivity index (χ1) is 11.0. The van der Waals surface area contributed by atoms with Gasteiger partial charge >= 0.3 is 0 Å². The third-order valence-corrected chi connectivity index (χ3v) is 4.00. The molecule has 23 heavy (non-hydrogen) atoms. The normalized spacial score (nSPS) is 10.7. The van der Waals surface area contributed by atoms with Crippen molar-refractivity contribution in [3.05, 3.63) is 63.9 Å². The van der Waals surface area contributed by atoms with E-state index in [1.54, 1.807) is 12.1 Å². The van der Waals surface area contributed by atoms with E-state index in [0.717, 1.165) is 10.0 Å². The lowest BCUT2D eigenvalue weighted by Crippen LogP contribution is -2.28. The van der Waals surface area contributed by atoms with Gasteiger partial charge in [-0.05, 0) is 57.2 Å². The van der Waals surface area contributed by atoms with Crippen molar-refractivity contribution in [2.24, 2.45) is 0 Å². The number of benzene rings is 2. The number of hydrogen-bond acceptors (Lipinski definition) is 2. The summed E-state index contributed by atoms with van der Waals surface area (Å²) >= 11 is 3.46. The first-order valence-corrected chi connectivity index (χ1v) is 8.18. The van der Waals surface area contributed by atoms with Crippen molar-refractivity contribution in [2.45, 2.75) is 26.3 Å². The summed E-state index contributed by atoms with van der Waals surface area (Å²) in [7, 11) is 0. The molecule has 2 aromatic carbocycles. The number of amides is 1. The molecule has 1 amide bonds. The Labute approximate surface area is 144 Å². The van der Waals surface area contributed by atoms with E-state index in [-0.39, 0.29) is 18.3 Å². The molecule has 0 saturated carbocycles. The van der Waals surface area contributed by atoms with Crippen LogP contribution in [0.15, 0.2) is 46.9 Å². The molecule has 0 fully saturated rings. The van der Waals surface area contributed by atoms with Gasteiger partial charge in [0, 0.05) is 6.54 Å². The van der Waals surface area contributed by atoms with Crippen molar-refractivity contribution < 1.29 is 13.9 Å². The van der Waals surface area contributed by atoms with E-state index in [0.29, 0.717) is 18.2 Å². The first kappa shape index (κ1) is 17.5. The Morgan fingerprint density at radius 1 is 1.22 bits per heavy atom. The Hall–Kier alpha value is -1.88. The zero-order chi connectivity index (χ0) is 16.8. The quantitative estimate of drug-likeness (QED) is 0.807. The number of hydrogen-bond donors (Lipinski definition) is 1.